The number of ether oxygens (including phenoxy) is 1. The van der Waals surface area contributed by atoms with E-state index in [1.807, 2.05) is 0 Å². The summed E-state index contributed by atoms with van der Waals surface area (Å²) in [6.45, 7) is 2.84. The Kier molecular flexibility index (Phi) is 6.86. The van der Waals surface area contributed by atoms with E-state index in [2.05, 4.69) is 10.3 Å². The highest BCUT2D eigenvalue weighted by molar-refractivity contribution is 7.19. The lowest BCUT2D eigenvalue weighted by atomic mass is 9.98. The lowest BCUT2D eigenvalue weighted by molar-refractivity contribution is -0.137. The Morgan fingerprint density at radius 3 is 2.71 bits per heavy atom. The molecule has 1 aromatic carbocycles. The van der Waals surface area contributed by atoms with Gasteiger partial charge in [-0.2, -0.15) is 17.6 Å². The average Bonchev–Trinajstić information content (AvgIpc) is 3.29. The molecule has 0 unspecified atom stereocenters. The number of aromatic nitrogens is 3. The first-order chi connectivity index (χ1) is 18.0. The molecule has 1 saturated heterocycles. The molecule has 38 heavy (non-hydrogen) atoms. The predicted octanol–water partition coefficient (Wildman–Crippen LogP) is 4.47. The van der Waals surface area contributed by atoms with E-state index in [0.29, 0.717) is 38.5 Å². The Morgan fingerprint density at radius 2 is 2.00 bits per heavy atom. The van der Waals surface area contributed by atoms with Gasteiger partial charge in [0.2, 0.25) is 5.82 Å². The number of halogens is 4. The molecule has 200 valence electrons. The normalized spacial score (nSPS) is 16.2. The van der Waals surface area contributed by atoms with E-state index in [-0.39, 0.29) is 18.2 Å². The van der Waals surface area contributed by atoms with Crippen molar-refractivity contribution in [3.8, 4) is 16.9 Å². The molecule has 3 aromatic heterocycles. The van der Waals surface area contributed by atoms with Crippen molar-refractivity contribution in [1.29, 1.82) is 0 Å². The quantitative estimate of drug-likeness (QED) is 0.373. The molecular formula is C26H24F4N4O3S. The second-order valence-corrected chi connectivity index (χ2v) is 10.4. The minimum absolute atomic E-state index is 0.190. The molecular weight excluding hydrogens is 524 g/mol. The number of nitrogens with one attached hydrogen (secondary N) is 1. The van der Waals surface area contributed by atoms with Crippen molar-refractivity contribution in [3.05, 3.63) is 79.3 Å². The summed E-state index contributed by atoms with van der Waals surface area (Å²) >= 11 is 1.17. The fourth-order valence-electron chi connectivity index (χ4n) is 4.64. The van der Waals surface area contributed by atoms with Gasteiger partial charge in [0, 0.05) is 42.0 Å². The highest BCUT2D eigenvalue weighted by Gasteiger charge is 2.33. The van der Waals surface area contributed by atoms with Crippen molar-refractivity contribution in [2.75, 3.05) is 13.1 Å². The van der Waals surface area contributed by atoms with Crippen molar-refractivity contribution in [2.24, 2.45) is 7.05 Å². The molecule has 7 nitrogen and oxygen atoms in total. The summed E-state index contributed by atoms with van der Waals surface area (Å²) in [5.41, 5.74) is -0.936. The van der Waals surface area contributed by atoms with Crippen LogP contribution >= 0.6 is 11.3 Å². The average molecular weight is 549 g/mol. The first-order valence-electron chi connectivity index (χ1n) is 12.0. The third-order valence-electron chi connectivity index (χ3n) is 6.49. The van der Waals surface area contributed by atoms with Crippen LogP contribution in [0.2, 0.25) is 0 Å². The summed E-state index contributed by atoms with van der Waals surface area (Å²) in [4.78, 5) is 29.6. The van der Waals surface area contributed by atoms with Gasteiger partial charge in [0.05, 0.1) is 22.3 Å². The fraction of sp³-hybridized carbons (Fsp3) is 0.346. The van der Waals surface area contributed by atoms with Gasteiger partial charge in [0.1, 0.15) is 11.9 Å². The molecule has 5 rings (SSSR count). The summed E-state index contributed by atoms with van der Waals surface area (Å²) in [7, 11) is 1.34. The van der Waals surface area contributed by atoms with Crippen LogP contribution in [0.1, 0.15) is 28.8 Å². The third-order valence-corrected chi connectivity index (χ3v) is 7.64. The van der Waals surface area contributed by atoms with Gasteiger partial charge in [0.25, 0.3) is 5.56 Å². The van der Waals surface area contributed by atoms with E-state index < -0.39 is 28.8 Å². The molecule has 1 aliphatic heterocycles. The van der Waals surface area contributed by atoms with E-state index in [0.717, 1.165) is 46.9 Å². The first-order valence-corrected chi connectivity index (χ1v) is 12.8. The van der Waals surface area contributed by atoms with Crippen molar-refractivity contribution in [1.82, 2.24) is 19.4 Å². The maximum atomic E-state index is 14.0. The smallest absolute Gasteiger partial charge is 0.416 e. The fourth-order valence-corrected chi connectivity index (χ4v) is 5.77. The predicted molar refractivity (Wildman–Crippen MR) is 136 cm³/mol. The van der Waals surface area contributed by atoms with Gasteiger partial charge >= 0.3 is 11.9 Å². The van der Waals surface area contributed by atoms with Gasteiger partial charge in [0.15, 0.2) is 0 Å². The number of fused-ring (bicyclic) bond motifs is 1. The van der Waals surface area contributed by atoms with Crippen LogP contribution in [0.15, 0.2) is 46.2 Å². The van der Waals surface area contributed by atoms with Crippen LogP contribution in [0.5, 0.6) is 5.75 Å². The number of thiophene rings is 1. The lowest BCUT2D eigenvalue weighted by Crippen LogP contribution is -2.40. The van der Waals surface area contributed by atoms with Crippen LogP contribution in [0, 0.1) is 12.7 Å². The summed E-state index contributed by atoms with van der Waals surface area (Å²) in [5, 5.41) is 3.25. The molecule has 1 atom stereocenters. The van der Waals surface area contributed by atoms with Crippen LogP contribution in [-0.2, 0) is 19.8 Å². The highest BCUT2D eigenvalue weighted by atomic mass is 32.1. The number of hydrogen-bond acceptors (Lipinski definition) is 6. The second kappa shape index (κ2) is 9.99. The lowest BCUT2D eigenvalue weighted by Gasteiger charge is -2.27. The van der Waals surface area contributed by atoms with Gasteiger partial charge in [-0.15, -0.1) is 11.3 Å². The first kappa shape index (κ1) is 26.1. The SMILES string of the molecule is Cc1cc(C(F)(F)F)cc(-c2ccnc3cc(Cn4c(=O)c(F)cn(C)c4=O)sc23)c1O[C@H]1CCCNC1. The Bertz CT molecular complexity index is 1600. The molecule has 0 amide bonds. The molecule has 0 bridgehead atoms. The largest absolute Gasteiger partial charge is 0.488 e. The van der Waals surface area contributed by atoms with E-state index in [4.69, 9.17) is 4.74 Å². The van der Waals surface area contributed by atoms with Crippen molar-refractivity contribution in [2.45, 2.75) is 38.6 Å². The van der Waals surface area contributed by atoms with Crippen LogP contribution in [-0.4, -0.2) is 33.3 Å². The van der Waals surface area contributed by atoms with Crippen LogP contribution in [0.25, 0.3) is 21.3 Å². The second-order valence-electron chi connectivity index (χ2n) is 9.30. The molecule has 1 aliphatic rings. The van der Waals surface area contributed by atoms with Gasteiger partial charge < -0.3 is 14.6 Å². The Hall–Kier alpha value is -3.51. The van der Waals surface area contributed by atoms with Gasteiger partial charge in [-0.05, 0) is 56.1 Å². The number of pyridine rings is 1. The Labute approximate surface area is 218 Å². The molecule has 12 heteroatoms. The Balaban J connectivity index is 1.64. The maximum absolute atomic E-state index is 14.0. The van der Waals surface area contributed by atoms with Crippen LogP contribution in [0.3, 0.4) is 0 Å². The zero-order valence-electron chi connectivity index (χ0n) is 20.6. The summed E-state index contributed by atoms with van der Waals surface area (Å²) in [6, 6.07) is 5.43. The minimum atomic E-state index is -4.56. The molecule has 0 saturated carbocycles. The van der Waals surface area contributed by atoms with Gasteiger partial charge in [-0.1, -0.05) is 0 Å². The third kappa shape index (κ3) is 4.97. The molecule has 0 radical (unpaired) electrons. The summed E-state index contributed by atoms with van der Waals surface area (Å²) in [5.74, 6) is -0.699. The van der Waals surface area contributed by atoms with E-state index >= 15 is 0 Å². The molecule has 0 aliphatic carbocycles. The number of piperidine rings is 1. The standard InChI is InChI=1S/C26H24F4N4O3S/c1-14-8-15(26(28,29)30)9-19(22(14)37-16-4-3-6-31-11-16)18-5-7-32-21-10-17(38-23(18)21)12-34-24(35)20(27)13-33(2)25(34)36/h5,7-10,13,16,31H,3-4,6,11-12H2,1-2H3/t16-/m0/s1. The maximum Gasteiger partial charge on any atom is 0.416 e. The molecule has 4 heterocycles. The number of aryl methyl sites for hydroxylation is 2. The van der Waals surface area contributed by atoms with E-state index in [1.54, 1.807) is 19.1 Å². The van der Waals surface area contributed by atoms with Crippen molar-refractivity contribution < 1.29 is 22.3 Å². The number of benzene rings is 1. The van der Waals surface area contributed by atoms with Crippen LogP contribution in [0.4, 0.5) is 17.6 Å². The monoisotopic (exact) mass is 548 g/mol. The van der Waals surface area contributed by atoms with Crippen molar-refractivity contribution in [3.63, 3.8) is 0 Å². The number of hydrogen-bond donors (Lipinski definition) is 1. The zero-order chi connectivity index (χ0) is 27.2. The number of nitrogens with zero attached hydrogens (tertiary/aromatic N) is 3. The highest BCUT2D eigenvalue weighted by Crippen LogP contribution is 2.43. The van der Waals surface area contributed by atoms with Crippen LogP contribution < -0.4 is 21.3 Å². The van der Waals surface area contributed by atoms with E-state index in [1.165, 1.54) is 24.6 Å². The number of rotatable bonds is 5. The summed E-state index contributed by atoms with van der Waals surface area (Å²) in [6.07, 6.45) is -0.764. The Morgan fingerprint density at radius 1 is 1.21 bits per heavy atom. The minimum Gasteiger partial charge on any atom is -0.488 e. The number of alkyl halides is 3. The zero-order valence-corrected chi connectivity index (χ0v) is 21.4. The van der Waals surface area contributed by atoms with E-state index in [9.17, 15) is 27.2 Å². The molecule has 1 N–H and O–H groups in total. The molecule has 4 aromatic rings. The topological polar surface area (TPSA) is 78.2 Å². The van der Waals surface area contributed by atoms with Crippen molar-refractivity contribution >= 4 is 21.6 Å². The molecule has 1 fully saturated rings. The van der Waals surface area contributed by atoms with Gasteiger partial charge in [-0.3, -0.25) is 14.3 Å². The summed E-state index contributed by atoms with van der Waals surface area (Å²) < 4.78 is 64.0. The van der Waals surface area contributed by atoms with Gasteiger partial charge in [-0.25, -0.2) is 4.79 Å². The molecule has 0 spiro atoms.